The van der Waals surface area contributed by atoms with Crippen LogP contribution in [-0.2, 0) is 16.6 Å². The van der Waals surface area contributed by atoms with Crippen LogP contribution in [0, 0.1) is 5.82 Å². The van der Waals surface area contributed by atoms with Crippen molar-refractivity contribution in [3.05, 3.63) is 53.8 Å². The van der Waals surface area contributed by atoms with Crippen LogP contribution in [0.5, 0.6) is 5.75 Å². The van der Waals surface area contributed by atoms with E-state index in [0.29, 0.717) is 24.8 Å². The van der Waals surface area contributed by atoms with Gasteiger partial charge in [-0.25, -0.2) is 12.8 Å². The number of halogens is 4. The zero-order valence-corrected chi connectivity index (χ0v) is 15.0. The molecule has 1 N–H and O–H groups in total. The molecule has 0 radical (unpaired) electrons. The second-order valence-electron chi connectivity index (χ2n) is 5.35. The quantitative estimate of drug-likeness (QED) is 0.844. The van der Waals surface area contributed by atoms with Crippen molar-refractivity contribution < 1.29 is 26.3 Å². The summed E-state index contributed by atoms with van der Waals surface area (Å²) in [5.41, 5.74) is 1.29. The summed E-state index contributed by atoms with van der Waals surface area (Å²) in [4.78, 5) is -0.330. The van der Waals surface area contributed by atoms with Gasteiger partial charge in [0.25, 0.3) is 10.0 Å². The van der Waals surface area contributed by atoms with Crippen molar-refractivity contribution in [2.24, 2.45) is 0 Å². The summed E-state index contributed by atoms with van der Waals surface area (Å²) >= 11 is 0. The highest BCUT2D eigenvalue weighted by Crippen LogP contribution is 2.30. The van der Waals surface area contributed by atoms with E-state index in [1.54, 1.807) is 24.3 Å². The molecular weight excluding hydrogens is 393 g/mol. The average molecular weight is 409 g/mol. The fourth-order valence-electron chi connectivity index (χ4n) is 2.64. The molecule has 0 unspecified atom stereocenters. The molecule has 3 rings (SSSR count). The number of nitrogens with one attached hydrogen (secondary N) is 1. The third kappa shape index (κ3) is 4.05. The van der Waals surface area contributed by atoms with Gasteiger partial charge in [0.15, 0.2) is 11.6 Å². The highest BCUT2D eigenvalue weighted by molar-refractivity contribution is 7.92. The van der Waals surface area contributed by atoms with Crippen LogP contribution in [0.1, 0.15) is 5.56 Å². The van der Waals surface area contributed by atoms with E-state index in [1.807, 2.05) is 0 Å². The topological polar surface area (TPSA) is 58.6 Å². The third-order valence-electron chi connectivity index (χ3n) is 3.77. The Bertz CT molecular complexity index is 881. The van der Waals surface area contributed by atoms with Crippen molar-refractivity contribution in [3.8, 4) is 5.75 Å². The number of alkyl halides is 2. The van der Waals surface area contributed by atoms with Gasteiger partial charge in [0.05, 0.1) is 10.6 Å². The molecule has 26 heavy (non-hydrogen) atoms. The van der Waals surface area contributed by atoms with Crippen molar-refractivity contribution in [3.63, 3.8) is 0 Å². The first kappa shape index (κ1) is 20.3. The third-order valence-corrected chi connectivity index (χ3v) is 5.58. The highest BCUT2D eigenvalue weighted by atomic mass is 35.5. The Kier molecular flexibility index (Phi) is 6.38. The number of nitrogens with zero attached hydrogens (tertiary/aromatic N) is 1. The van der Waals surface area contributed by atoms with E-state index in [0.717, 1.165) is 17.7 Å². The second-order valence-corrected chi connectivity index (χ2v) is 7.22. The van der Waals surface area contributed by atoms with Gasteiger partial charge in [-0.05, 0) is 29.8 Å². The number of hydrogen-bond acceptors (Lipinski definition) is 4. The Hall–Kier alpha value is -1.97. The van der Waals surface area contributed by atoms with Gasteiger partial charge in [0.2, 0.25) is 0 Å². The number of hydrogen-bond donors (Lipinski definition) is 1. The maximum absolute atomic E-state index is 13.9. The Morgan fingerprint density at radius 1 is 1.15 bits per heavy atom. The molecule has 0 aromatic heterocycles. The summed E-state index contributed by atoms with van der Waals surface area (Å²) in [6.45, 7) is -2.10. The fourth-order valence-corrected chi connectivity index (χ4v) is 4.15. The van der Waals surface area contributed by atoms with Crippen LogP contribution >= 0.6 is 12.4 Å². The molecule has 2 aromatic carbocycles. The molecule has 1 aliphatic rings. The Labute approximate surface area is 155 Å². The van der Waals surface area contributed by atoms with E-state index in [4.69, 9.17) is 0 Å². The van der Waals surface area contributed by atoms with E-state index < -0.39 is 28.2 Å². The first-order chi connectivity index (χ1) is 11.9. The maximum Gasteiger partial charge on any atom is 0.387 e. The number of para-hydroxylation sites is 1. The summed E-state index contributed by atoms with van der Waals surface area (Å²) < 4.78 is 69.4. The number of ether oxygens (including phenoxy) is 1. The SMILES string of the molecule is Cl.O=S(=O)(c1ccc(OC(F)F)c(F)c1)N1CCNCc2ccccc21. The van der Waals surface area contributed by atoms with Crippen LogP contribution in [0.25, 0.3) is 0 Å². The van der Waals surface area contributed by atoms with Gasteiger partial charge in [0.1, 0.15) is 0 Å². The monoisotopic (exact) mass is 408 g/mol. The smallest absolute Gasteiger partial charge is 0.387 e. The van der Waals surface area contributed by atoms with E-state index in [-0.39, 0.29) is 23.8 Å². The zero-order chi connectivity index (χ0) is 18.0. The lowest BCUT2D eigenvalue weighted by Gasteiger charge is -2.24. The molecule has 5 nitrogen and oxygen atoms in total. The van der Waals surface area contributed by atoms with E-state index in [1.165, 1.54) is 4.31 Å². The number of sulfonamides is 1. The van der Waals surface area contributed by atoms with Crippen LogP contribution in [0.15, 0.2) is 47.4 Å². The van der Waals surface area contributed by atoms with Crippen molar-refractivity contribution in [1.82, 2.24) is 5.32 Å². The molecule has 0 aliphatic carbocycles. The minimum absolute atomic E-state index is 0. The summed E-state index contributed by atoms with van der Waals surface area (Å²) in [5.74, 6) is -1.87. The van der Waals surface area contributed by atoms with Gasteiger partial charge < -0.3 is 10.1 Å². The molecule has 1 heterocycles. The number of benzene rings is 2. The predicted octanol–water partition coefficient (Wildman–Crippen LogP) is 3.15. The molecule has 0 spiro atoms. The molecule has 1 aliphatic heterocycles. The van der Waals surface area contributed by atoms with Gasteiger partial charge in [-0.2, -0.15) is 8.78 Å². The van der Waals surface area contributed by atoms with Gasteiger partial charge in [-0.3, -0.25) is 4.31 Å². The second kappa shape index (κ2) is 8.15. The molecule has 0 amide bonds. The van der Waals surface area contributed by atoms with Crippen LogP contribution in [0.2, 0.25) is 0 Å². The first-order valence-corrected chi connectivity index (χ1v) is 8.89. The van der Waals surface area contributed by atoms with Crippen LogP contribution < -0.4 is 14.4 Å². The van der Waals surface area contributed by atoms with E-state index in [2.05, 4.69) is 10.1 Å². The minimum Gasteiger partial charge on any atom is -0.432 e. The largest absolute Gasteiger partial charge is 0.432 e. The Balaban J connectivity index is 0.00000243. The van der Waals surface area contributed by atoms with Crippen molar-refractivity contribution in [2.45, 2.75) is 18.1 Å². The normalized spacial score (nSPS) is 14.4. The predicted molar refractivity (Wildman–Crippen MR) is 93.0 cm³/mol. The molecule has 0 saturated carbocycles. The number of anilines is 1. The minimum atomic E-state index is -4.06. The molecule has 0 saturated heterocycles. The summed E-state index contributed by atoms with van der Waals surface area (Å²) in [5, 5.41) is 3.12. The van der Waals surface area contributed by atoms with E-state index in [9.17, 15) is 21.6 Å². The highest BCUT2D eigenvalue weighted by Gasteiger charge is 2.28. The Morgan fingerprint density at radius 3 is 2.58 bits per heavy atom. The molecule has 0 atom stereocenters. The molecule has 142 valence electrons. The van der Waals surface area contributed by atoms with Gasteiger partial charge >= 0.3 is 6.61 Å². The zero-order valence-electron chi connectivity index (χ0n) is 13.4. The fraction of sp³-hybridized carbons (Fsp3) is 0.250. The molecule has 10 heteroatoms. The van der Waals surface area contributed by atoms with Crippen LogP contribution in [0.4, 0.5) is 18.9 Å². The van der Waals surface area contributed by atoms with Gasteiger partial charge in [-0.15, -0.1) is 12.4 Å². The van der Waals surface area contributed by atoms with Gasteiger partial charge in [-0.1, -0.05) is 18.2 Å². The van der Waals surface area contributed by atoms with E-state index >= 15 is 0 Å². The summed E-state index contributed by atoms with van der Waals surface area (Å²) in [7, 11) is -4.06. The van der Waals surface area contributed by atoms with Crippen LogP contribution in [0.3, 0.4) is 0 Å². The lowest BCUT2D eigenvalue weighted by molar-refractivity contribution is -0.0522. The van der Waals surface area contributed by atoms with Crippen molar-refractivity contribution in [1.29, 1.82) is 0 Å². The average Bonchev–Trinajstić information content (AvgIpc) is 2.79. The lowest BCUT2D eigenvalue weighted by atomic mass is 10.2. The molecular formula is C16H16ClF3N2O3S. The van der Waals surface area contributed by atoms with Crippen molar-refractivity contribution in [2.75, 3.05) is 17.4 Å². The molecule has 0 bridgehead atoms. The molecule has 0 fully saturated rings. The number of fused-ring (bicyclic) bond motifs is 1. The summed E-state index contributed by atoms with van der Waals surface area (Å²) in [6, 6.07) is 9.61. The molecule has 2 aromatic rings. The number of rotatable bonds is 4. The van der Waals surface area contributed by atoms with Crippen LogP contribution in [-0.4, -0.2) is 28.1 Å². The Morgan fingerprint density at radius 2 is 1.88 bits per heavy atom. The maximum atomic E-state index is 13.9. The summed E-state index contributed by atoms with van der Waals surface area (Å²) in [6.07, 6.45) is 0. The van der Waals surface area contributed by atoms with Crippen molar-refractivity contribution >= 4 is 28.1 Å². The lowest BCUT2D eigenvalue weighted by Crippen LogP contribution is -2.34. The standard InChI is InChI=1S/C16H15F3N2O3S.ClH/c17-13-9-12(5-6-15(13)24-16(18)19)25(22,23)21-8-7-20-10-11-3-1-2-4-14(11)21;/h1-6,9,16,20H,7-8,10H2;1H. The van der Waals surface area contributed by atoms with Gasteiger partial charge in [0, 0.05) is 19.6 Å². The first-order valence-electron chi connectivity index (χ1n) is 7.45.